The van der Waals surface area contributed by atoms with E-state index in [-0.39, 0.29) is 0 Å². The molecule has 0 saturated carbocycles. The minimum atomic E-state index is 0.300. The SMILES string of the molecule is CCNC(=NCCc1ccccc1)NC1CCc2nc(COC)nn2C1. The van der Waals surface area contributed by atoms with E-state index >= 15 is 0 Å². The van der Waals surface area contributed by atoms with E-state index in [1.54, 1.807) is 7.11 Å². The van der Waals surface area contributed by atoms with Crippen LogP contribution in [0.25, 0.3) is 0 Å². The average molecular weight is 356 g/mol. The average Bonchev–Trinajstić information content (AvgIpc) is 3.05. The number of ether oxygens (including phenoxy) is 1. The molecule has 26 heavy (non-hydrogen) atoms. The van der Waals surface area contributed by atoms with E-state index in [0.717, 1.165) is 56.5 Å². The number of nitrogens with one attached hydrogen (secondary N) is 2. The third-order valence-electron chi connectivity index (χ3n) is 4.37. The first kappa shape index (κ1) is 18.4. The summed E-state index contributed by atoms with van der Waals surface area (Å²) in [7, 11) is 1.67. The smallest absolute Gasteiger partial charge is 0.191 e. The highest BCUT2D eigenvalue weighted by molar-refractivity contribution is 5.80. The summed E-state index contributed by atoms with van der Waals surface area (Å²) in [5.74, 6) is 2.67. The molecule has 2 heterocycles. The van der Waals surface area contributed by atoms with Crippen molar-refractivity contribution in [2.75, 3.05) is 20.2 Å². The molecule has 7 nitrogen and oxygen atoms in total. The van der Waals surface area contributed by atoms with Crippen LogP contribution in [0.1, 0.15) is 30.6 Å². The second-order valence-electron chi connectivity index (χ2n) is 6.44. The third-order valence-corrected chi connectivity index (χ3v) is 4.37. The van der Waals surface area contributed by atoms with Crippen molar-refractivity contribution in [2.24, 2.45) is 4.99 Å². The van der Waals surface area contributed by atoms with Gasteiger partial charge in [-0.05, 0) is 25.3 Å². The fraction of sp³-hybridized carbons (Fsp3) is 0.526. The zero-order chi connectivity index (χ0) is 18.2. The number of fused-ring (bicyclic) bond motifs is 1. The van der Waals surface area contributed by atoms with Crippen LogP contribution in [0, 0.1) is 0 Å². The number of aliphatic imine (C=N–C) groups is 1. The molecule has 0 bridgehead atoms. The van der Waals surface area contributed by atoms with Gasteiger partial charge in [0.25, 0.3) is 0 Å². The van der Waals surface area contributed by atoms with Crippen molar-refractivity contribution in [2.45, 2.75) is 45.4 Å². The number of hydrogen-bond acceptors (Lipinski definition) is 4. The fourth-order valence-corrected chi connectivity index (χ4v) is 3.12. The van der Waals surface area contributed by atoms with Crippen LogP contribution in [0.2, 0.25) is 0 Å². The molecule has 1 aromatic carbocycles. The second-order valence-corrected chi connectivity index (χ2v) is 6.44. The summed E-state index contributed by atoms with van der Waals surface area (Å²) in [6.45, 7) is 4.95. The van der Waals surface area contributed by atoms with Gasteiger partial charge in [-0.3, -0.25) is 4.99 Å². The molecule has 7 heteroatoms. The monoisotopic (exact) mass is 356 g/mol. The van der Waals surface area contributed by atoms with Gasteiger partial charge in [-0.1, -0.05) is 30.3 Å². The molecule has 0 amide bonds. The number of guanidine groups is 1. The van der Waals surface area contributed by atoms with Crippen LogP contribution in [0.15, 0.2) is 35.3 Å². The van der Waals surface area contributed by atoms with Crippen molar-refractivity contribution in [3.8, 4) is 0 Å². The first-order valence-corrected chi connectivity index (χ1v) is 9.28. The fourth-order valence-electron chi connectivity index (χ4n) is 3.12. The van der Waals surface area contributed by atoms with Gasteiger partial charge in [0, 0.05) is 32.7 Å². The lowest BCUT2D eigenvalue weighted by Gasteiger charge is -2.25. The molecule has 1 aliphatic rings. The van der Waals surface area contributed by atoms with E-state index in [1.807, 2.05) is 10.7 Å². The Bertz CT molecular complexity index is 712. The molecule has 0 fully saturated rings. The number of aryl methyl sites for hydroxylation is 1. The molecular formula is C19H28N6O. The van der Waals surface area contributed by atoms with Gasteiger partial charge in [0.05, 0.1) is 6.54 Å². The van der Waals surface area contributed by atoms with Crippen molar-refractivity contribution < 1.29 is 4.74 Å². The van der Waals surface area contributed by atoms with Crippen LogP contribution in [0.5, 0.6) is 0 Å². The predicted molar refractivity (Wildman–Crippen MR) is 102 cm³/mol. The quantitative estimate of drug-likeness (QED) is 0.581. The third kappa shape index (κ3) is 5.05. The van der Waals surface area contributed by atoms with Crippen molar-refractivity contribution in [1.29, 1.82) is 0 Å². The van der Waals surface area contributed by atoms with Crippen LogP contribution in [-0.4, -0.2) is 47.0 Å². The first-order valence-electron chi connectivity index (χ1n) is 9.28. The Morgan fingerprint density at radius 1 is 1.35 bits per heavy atom. The number of nitrogens with zero attached hydrogens (tertiary/aromatic N) is 4. The standard InChI is InChI=1S/C19H28N6O/c1-3-20-19(21-12-11-15-7-5-4-6-8-15)22-16-9-10-18-23-17(14-26-2)24-25(18)13-16/h4-8,16H,3,9-14H2,1-2H3,(H2,20,21,22). The molecule has 1 aromatic heterocycles. The van der Waals surface area contributed by atoms with E-state index in [9.17, 15) is 0 Å². The Balaban J connectivity index is 1.56. The molecule has 140 valence electrons. The summed E-state index contributed by atoms with van der Waals surface area (Å²) < 4.78 is 7.12. The van der Waals surface area contributed by atoms with Crippen LogP contribution in [-0.2, 0) is 30.7 Å². The van der Waals surface area contributed by atoms with Gasteiger partial charge in [0.15, 0.2) is 11.8 Å². The van der Waals surface area contributed by atoms with Crippen LogP contribution in [0.3, 0.4) is 0 Å². The number of methoxy groups -OCH3 is 1. The van der Waals surface area contributed by atoms with Crippen LogP contribution >= 0.6 is 0 Å². The Labute approximate surface area is 154 Å². The summed E-state index contributed by atoms with van der Waals surface area (Å²) in [5, 5.41) is 11.4. The van der Waals surface area contributed by atoms with Gasteiger partial charge in [-0.25, -0.2) is 9.67 Å². The minimum absolute atomic E-state index is 0.300. The Morgan fingerprint density at radius 3 is 2.96 bits per heavy atom. The van der Waals surface area contributed by atoms with Gasteiger partial charge in [0.1, 0.15) is 12.4 Å². The van der Waals surface area contributed by atoms with Crippen molar-refractivity contribution in [3.05, 3.63) is 47.5 Å². The van der Waals surface area contributed by atoms with Gasteiger partial charge in [-0.2, -0.15) is 5.10 Å². The topological polar surface area (TPSA) is 76.4 Å². The molecule has 0 spiro atoms. The summed E-state index contributed by atoms with van der Waals surface area (Å²) in [6.07, 6.45) is 2.88. The Hall–Kier alpha value is -2.41. The minimum Gasteiger partial charge on any atom is -0.377 e. The van der Waals surface area contributed by atoms with E-state index < -0.39 is 0 Å². The summed E-state index contributed by atoms with van der Waals surface area (Å²) >= 11 is 0. The van der Waals surface area contributed by atoms with Crippen LogP contribution < -0.4 is 10.6 Å². The lowest BCUT2D eigenvalue weighted by Crippen LogP contribution is -2.47. The highest BCUT2D eigenvalue weighted by Crippen LogP contribution is 2.13. The predicted octanol–water partition coefficient (Wildman–Crippen LogP) is 1.54. The molecule has 0 aliphatic carbocycles. The molecule has 2 aromatic rings. The maximum atomic E-state index is 5.13. The molecule has 0 radical (unpaired) electrons. The summed E-state index contributed by atoms with van der Waals surface area (Å²) in [4.78, 5) is 9.25. The highest BCUT2D eigenvalue weighted by Gasteiger charge is 2.22. The van der Waals surface area contributed by atoms with Crippen molar-refractivity contribution in [3.63, 3.8) is 0 Å². The molecular weight excluding hydrogens is 328 g/mol. The van der Waals surface area contributed by atoms with E-state index in [0.29, 0.717) is 12.6 Å². The van der Waals surface area contributed by atoms with Gasteiger partial charge in [-0.15, -0.1) is 0 Å². The van der Waals surface area contributed by atoms with E-state index in [2.05, 4.69) is 51.9 Å². The zero-order valence-corrected chi connectivity index (χ0v) is 15.6. The summed E-state index contributed by atoms with van der Waals surface area (Å²) in [5.41, 5.74) is 1.31. The van der Waals surface area contributed by atoms with Crippen molar-refractivity contribution >= 4 is 5.96 Å². The Kier molecular flexibility index (Phi) is 6.60. The van der Waals surface area contributed by atoms with Crippen LogP contribution in [0.4, 0.5) is 0 Å². The number of aromatic nitrogens is 3. The Morgan fingerprint density at radius 2 is 2.19 bits per heavy atom. The molecule has 1 aliphatic heterocycles. The first-order chi connectivity index (χ1) is 12.8. The zero-order valence-electron chi connectivity index (χ0n) is 15.6. The lowest BCUT2D eigenvalue weighted by molar-refractivity contribution is 0.177. The normalized spacial score (nSPS) is 17.0. The molecule has 1 atom stereocenters. The lowest BCUT2D eigenvalue weighted by atomic mass is 10.1. The number of rotatable bonds is 7. The molecule has 1 unspecified atom stereocenters. The van der Waals surface area contributed by atoms with Gasteiger partial charge < -0.3 is 15.4 Å². The highest BCUT2D eigenvalue weighted by atomic mass is 16.5. The van der Waals surface area contributed by atoms with Gasteiger partial charge in [0.2, 0.25) is 0 Å². The molecule has 0 saturated heterocycles. The largest absolute Gasteiger partial charge is 0.377 e. The maximum Gasteiger partial charge on any atom is 0.191 e. The van der Waals surface area contributed by atoms with E-state index in [1.165, 1.54) is 5.56 Å². The molecule has 3 rings (SSSR count). The number of benzene rings is 1. The van der Waals surface area contributed by atoms with E-state index in [4.69, 9.17) is 9.73 Å². The number of hydrogen-bond donors (Lipinski definition) is 2. The van der Waals surface area contributed by atoms with Crippen molar-refractivity contribution in [1.82, 2.24) is 25.4 Å². The molecule has 2 N–H and O–H groups in total. The maximum absolute atomic E-state index is 5.13. The van der Waals surface area contributed by atoms with Gasteiger partial charge >= 0.3 is 0 Å². The second kappa shape index (κ2) is 9.33. The summed E-state index contributed by atoms with van der Waals surface area (Å²) in [6, 6.07) is 10.8.